The average Bonchev–Trinajstić information content (AvgIpc) is 2.87. The third kappa shape index (κ3) is 4.19. The quantitative estimate of drug-likeness (QED) is 0.851. The van der Waals surface area contributed by atoms with Crippen molar-refractivity contribution in [3.8, 4) is 0 Å². The summed E-state index contributed by atoms with van der Waals surface area (Å²) in [6.45, 7) is 4.29. The number of aromatic nitrogens is 1. The van der Waals surface area contributed by atoms with Crippen LogP contribution in [0, 0.1) is 5.92 Å². The molecule has 0 aliphatic rings. The number of amides is 1. The van der Waals surface area contributed by atoms with Crippen LogP contribution in [0.4, 0.5) is 5.69 Å². The highest BCUT2D eigenvalue weighted by Crippen LogP contribution is 2.21. The van der Waals surface area contributed by atoms with E-state index in [4.69, 9.17) is 14.9 Å². The van der Waals surface area contributed by atoms with Crippen molar-refractivity contribution in [2.45, 2.75) is 32.9 Å². The van der Waals surface area contributed by atoms with Crippen molar-refractivity contribution in [3.05, 3.63) is 24.1 Å². The second-order valence-electron chi connectivity index (χ2n) is 5.12. The second-order valence-corrected chi connectivity index (χ2v) is 5.12. The summed E-state index contributed by atoms with van der Waals surface area (Å²) in [6.07, 6.45) is 0.858. The molecule has 2 atom stereocenters. The lowest BCUT2D eigenvalue weighted by Crippen LogP contribution is -2.40. The number of nitrogens with two attached hydrogens (primary N) is 1. The summed E-state index contributed by atoms with van der Waals surface area (Å²) in [4.78, 5) is 16.3. The highest BCUT2D eigenvalue weighted by Gasteiger charge is 2.19. The summed E-state index contributed by atoms with van der Waals surface area (Å²) in [7, 11) is 1.58. The van der Waals surface area contributed by atoms with Gasteiger partial charge >= 0.3 is 0 Å². The van der Waals surface area contributed by atoms with E-state index in [0.717, 1.165) is 6.42 Å². The summed E-state index contributed by atoms with van der Waals surface area (Å²) in [6, 6.07) is 4.78. The first-order valence-corrected chi connectivity index (χ1v) is 7.00. The Bertz CT molecular complexity index is 630. The minimum atomic E-state index is -0.521. The van der Waals surface area contributed by atoms with Gasteiger partial charge in [0.25, 0.3) is 0 Å². The normalized spacial score (nSPS) is 13.5. The third-order valence-electron chi connectivity index (χ3n) is 3.53. The Balaban J connectivity index is 0.00000242. The first-order valence-electron chi connectivity index (χ1n) is 7.00. The molecule has 1 aromatic heterocycles. The van der Waals surface area contributed by atoms with Crippen molar-refractivity contribution in [2.24, 2.45) is 11.7 Å². The molecule has 122 valence electrons. The Morgan fingerprint density at radius 2 is 2.23 bits per heavy atom. The van der Waals surface area contributed by atoms with Gasteiger partial charge in [0.05, 0.1) is 6.04 Å². The van der Waals surface area contributed by atoms with Crippen molar-refractivity contribution in [1.82, 2.24) is 4.98 Å². The maximum absolute atomic E-state index is 12.1. The van der Waals surface area contributed by atoms with Crippen LogP contribution in [0.5, 0.6) is 0 Å². The minimum absolute atomic E-state index is 0. The fourth-order valence-corrected chi connectivity index (χ4v) is 1.98. The zero-order valence-corrected chi connectivity index (χ0v) is 13.8. The van der Waals surface area contributed by atoms with E-state index in [-0.39, 0.29) is 24.2 Å². The van der Waals surface area contributed by atoms with E-state index in [2.05, 4.69) is 10.3 Å². The van der Waals surface area contributed by atoms with Crippen molar-refractivity contribution in [2.75, 3.05) is 12.4 Å². The molecule has 0 saturated carbocycles. The van der Waals surface area contributed by atoms with E-state index in [0.29, 0.717) is 29.3 Å². The van der Waals surface area contributed by atoms with E-state index in [9.17, 15) is 4.79 Å². The molecule has 3 N–H and O–H groups in total. The maximum Gasteiger partial charge on any atom is 0.241 e. The van der Waals surface area contributed by atoms with E-state index < -0.39 is 6.04 Å². The Morgan fingerprint density at radius 3 is 2.86 bits per heavy atom. The lowest BCUT2D eigenvalue weighted by atomic mass is 9.99. The number of hydrogen-bond acceptors (Lipinski definition) is 5. The Hall–Kier alpha value is -1.63. The van der Waals surface area contributed by atoms with Crippen LogP contribution < -0.4 is 11.1 Å². The molecule has 0 fully saturated rings. The van der Waals surface area contributed by atoms with Crippen molar-refractivity contribution in [3.63, 3.8) is 0 Å². The van der Waals surface area contributed by atoms with E-state index >= 15 is 0 Å². The zero-order chi connectivity index (χ0) is 15.4. The number of anilines is 1. The Morgan fingerprint density at radius 1 is 1.50 bits per heavy atom. The van der Waals surface area contributed by atoms with E-state index in [1.165, 1.54) is 0 Å². The van der Waals surface area contributed by atoms with Gasteiger partial charge in [0, 0.05) is 12.8 Å². The fraction of sp³-hybridized carbons (Fsp3) is 0.467. The number of benzene rings is 1. The monoisotopic (exact) mass is 327 g/mol. The highest BCUT2D eigenvalue weighted by atomic mass is 35.5. The molecule has 0 aliphatic heterocycles. The molecule has 2 aromatic rings. The topological polar surface area (TPSA) is 90.4 Å². The average molecular weight is 328 g/mol. The van der Waals surface area contributed by atoms with Crippen LogP contribution in [0.25, 0.3) is 11.1 Å². The number of halogens is 1. The number of nitrogens with zero attached hydrogens (tertiary/aromatic N) is 1. The fourth-order valence-electron chi connectivity index (χ4n) is 1.98. The molecule has 7 heteroatoms. The molecular weight excluding hydrogens is 306 g/mol. The number of methoxy groups -OCH3 is 1. The summed E-state index contributed by atoms with van der Waals surface area (Å²) in [5.74, 6) is 0.450. The van der Waals surface area contributed by atoms with Gasteiger partial charge in [-0.2, -0.15) is 0 Å². The number of oxazole rings is 1. The van der Waals surface area contributed by atoms with Crippen molar-refractivity contribution in [1.29, 1.82) is 0 Å². The van der Waals surface area contributed by atoms with E-state index in [1.807, 2.05) is 13.8 Å². The largest absolute Gasteiger partial charge is 0.438 e. The first kappa shape index (κ1) is 18.4. The van der Waals surface area contributed by atoms with Crippen LogP contribution in [-0.4, -0.2) is 24.0 Å². The van der Waals surface area contributed by atoms with Gasteiger partial charge in [-0.3, -0.25) is 4.79 Å². The van der Waals surface area contributed by atoms with Crippen LogP contribution >= 0.6 is 12.4 Å². The summed E-state index contributed by atoms with van der Waals surface area (Å²) >= 11 is 0. The zero-order valence-electron chi connectivity index (χ0n) is 13.0. The van der Waals surface area contributed by atoms with E-state index in [1.54, 1.807) is 25.3 Å². The Labute approximate surface area is 135 Å². The van der Waals surface area contributed by atoms with Gasteiger partial charge in [-0.05, 0) is 24.1 Å². The number of ether oxygens (including phenoxy) is 1. The number of carbonyl (C=O) groups is 1. The van der Waals surface area contributed by atoms with Gasteiger partial charge in [-0.1, -0.05) is 20.3 Å². The lowest BCUT2D eigenvalue weighted by Gasteiger charge is -2.17. The smallest absolute Gasteiger partial charge is 0.241 e. The number of hydrogen-bond donors (Lipinski definition) is 2. The molecule has 1 aromatic carbocycles. The number of carbonyl (C=O) groups excluding carboxylic acids is 1. The van der Waals surface area contributed by atoms with Crippen LogP contribution in [-0.2, 0) is 16.1 Å². The van der Waals surface area contributed by atoms with Crippen LogP contribution in [0.2, 0.25) is 0 Å². The van der Waals surface area contributed by atoms with Crippen LogP contribution in [0.15, 0.2) is 22.6 Å². The minimum Gasteiger partial charge on any atom is -0.438 e. The van der Waals surface area contributed by atoms with Gasteiger partial charge in [-0.25, -0.2) is 4.98 Å². The molecule has 1 amide bonds. The predicted octanol–water partition coefficient (Wildman–Crippen LogP) is 2.71. The summed E-state index contributed by atoms with van der Waals surface area (Å²) < 4.78 is 10.5. The molecule has 1 heterocycles. The van der Waals surface area contributed by atoms with Crippen LogP contribution in [0.3, 0.4) is 0 Å². The predicted molar refractivity (Wildman–Crippen MR) is 88.0 cm³/mol. The molecule has 0 bridgehead atoms. The Kier molecular flexibility index (Phi) is 6.80. The summed E-state index contributed by atoms with van der Waals surface area (Å²) in [5, 5.41) is 2.81. The highest BCUT2D eigenvalue weighted by molar-refractivity contribution is 5.96. The molecule has 0 aliphatic carbocycles. The number of fused-ring (bicyclic) bond motifs is 1. The standard InChI is InChI=1S/C15H21N3O3.ClH/c1-4-9(2)14(16)15(19)17-10-5-6-12-11(7-10)18-13(21-12)8-20-3;/h5-7,9,14H,4,8,16H2,1-3H3,(H,17,19);1H. The van der Waals surface area contributed by atoms with Gasteiger partial charge in [0.1, 0.15) is 12.1 Å². The molecule has 2 unspecified atom stereocenters. The molecule has 0 spiro atoms. The van der Waals surface area contributed by atoms with Gasteiger partial charge in [0.2, 0.25) is 11.8 Å². The molecule has 0 saturated heterocycles. The lowest BCUT2D eigenvalue weighted by molar-refractivity contribution is -0.118. The molecule has 22 heavy (non-hydrogen) atoms. The van der Waals surface area contributed by atoms with Crippen LogP contribution in [0.1, 0.15) is 26.2 Å². The van der Waals surface area contributed by atoms with Gasteiger partial charge < -0.3 is 20.2 Å². The molecular formula is C15H22ClN3O3. The third-order valence-corrected chi connectivity index (χ3v) is 3.53. The second kappa shape index (κ2) is 8.12. The number of rotatable bonds is 6. The van der Waals surface area contributed by atoms with Gasteiger partial charge in [0.15, 0.2) is 5.58 Å². The SMILES string of the molecule is CCC(C)C(N)C(=O)Nc1ccc2oc(COC)nc2c1.Cl. The molecule has 0 radical (unpaired) electrons. The van der Waals surface area contributed by atoms with Crippen molar-refractivity contribution < 1.29 is 13.9 Å². The van der Waals surface area contributed by atoms with Gasteiger partial charge in [-0.15, -0.1) is 12.4 Å². The van der Waals surface area contributed by atoms with Crippen molar-refractivity contribution >= 4 is 35.1 Å². The first-order chi connectivity index (χ1) is 10.0. The summed E-state index contributed by atoms with van der Waals surface area (Å²) in [5.41, 5.74) is 7.91. The maximum atomic E-state index is 12.1. The number of nitrogens with one attached hydrogen (secondary N) is 1. The molecule has 2 rings (SSSR count). The molecule has 6 nitrogen and oxygen atoms in total.